The lowest BCUT2D eigenvalue weighted by atomic mass is 10.1. The molecule has 2 aromatic rings. The average molecular weight is 278 g/mol. The van der Waals surface area contributed by atoms with Gasteiger partial charge < -0.3 is 15.6 Å². The van der Waals surface area contributed by atoms with Crippen molar-refractivity contribution >= 4 is 28.4 Å². The van der Waals surface area contributed by atoms with Gasteiger partial charge in [0, 0.05) is 29.0 Å². The molecule has 1 unspecified atom stereocenters. The summed E-state index contributed by atoms with van der Waals surface area (Å²) in [5.74, 6) is 0.478. The smallest absolute Gasteiger partial charge is 0.270 e. The summed E-state index contributed by atoms with van der Waals surface area (Å²) in [7, 11) is 0. The minimum absolute atomic E-state index is 0.0447. The van der Waals surface area contributed by atoms with Gasteiger partial charge >= 0.3 is 0 Å². The maximum absolute atomic E-state index is 12.4. The average Bonchev–Trinajstić information content (AvgIpc) is 3.03. The van der Waals surface area contributed by atoms with Crippen molar-refractivity contribution < 1.29 is 4.79 Å². The monoisotopic (exact) mass is 277 g/mol. The predicted octanol–water partition coefficient (Wildman–Crippen LogP) is 2.24. The van der Waals surface area contributed by atoms with Crippen molar-refractivity contribution in [1.82, 2.24) is 9.88 Å². The van der Waals surface area contributed by atoms with Crippen LogP contribution in [0.1, 0.15) is 16.9 Å². The fraction of sp³-hybridized carbons (Fsp3) is 0.357. The molecule has 0 radical (unpaired) electrons. The van der Waals surface area contributed by atoms with Crippen molar-refractivity contribution in [2.24, 2.45) is 11.7 Å². The van der Waals surface area contributed by atoms with E-state index in [4.69, 9.17) is 17.3 Å². The van der Waals surface area contributed by atoms with Crippen LogP contribution in [0.3, 0.4) is 0 Å². The van der Waals surface area contributed by atoms with Crippen molar-refractivity contribution in [3.63, 3.8) is 0 Å². The van der Waals surface area contributed by atoms with Gasteiger partial charge in [-0.15, -0.1) is 0 Å². The molecule has 3 rings (SSSR count). The maximum atomic E-state index is 12.4. The highest BCUT2D eigenvalue weighted by Crippen LogP contribution is 2.22. The number of halogens is 1. The number of H-pyrrole nitrogens is 1. The second-order valence-electron chi connectivity index (χ2n) is 5.06. The number of rotatable bonds is 2. The van der Waals surface area contributed by atoms with E-state index in [1.807, 2.05) is 29.2 Å². The summed E-state index contributed by atoms with van der Waals surface area (Å²) in [6.07, 6.45) is 0.994. The van der Waals surface area contributed by atoms with E-state index in [1.165, 1.54) is 0 Å². The van der Waals surface area contributed by atoms with Gasteiger partial charge in [-0.1, -0.05) is 11.6 Å². The lowest BCUT2D eigenvalue weighted by Crippen LogP contribution is -2.30. The van der Waals surface area contributed by atoms with Crippen molar-refractivity contribution in [3.8, 4) is 0 Å². The lowest BCUT2D eigenvalue weighted by molar-refractivity contribution is 0.0783. The van der Waals surface area contributed by atoms with Crippen LogP contribution in [-0.2, 0) is 0 Å². The van der Waals surface area contributed by atoms with E-state index in [-0.39, 0.29) is 5.91 Å². The first-order valence-corrected chi connectivity index (χ1v) is 6.83. The number of likely N-dealkylation sites (tertiary alicyclic amines) is 1. The quantitative estimate of drug-likeness (QED) is 0.884. The van der Waals surface area contributed by atoms with E-state index in [1.54, 1.807) is 0 Å². The van der Waals surface area contributed by atoms with Gasteiger partial charge in [-0.25, -0.2) is 0 Å². The molecule has 0 saturated carbocycles. The van der Waals surface area contributed by atoms with Crippen molar-refractivity contribution in [1.29, 1.82) is 0 Å². The van der Waals surface area contributed by atoms with Gasteiger partial charge in [0.1, 0.15) is 5.69 Å². The number of nitrogens with one attached hydrogen (secondary N) is 1. The van der Waals surface area contributed by atoms with Gasteiger partial charge in [-0.2, -0.15) is 0 Å². The van der Waals surface area contributed by atoms with Crippen LogP contribution < -0.4 is 5.73 Å². The molecule has 1 aliphatic heterocycles. The van der Waals surface area contributed by atoms with Crippen LogP contribution in [0.2, 0.25) is 5.02 Å². The van der Waals surface area contributed by atoms with E-state index in [0.29, 0.717) is 23.2 Å². The molecule has 1 saturated heterocycles. The third-order valence-electron chi connectivity index (χ3n) is 3.72. The summed E-state index contributed by atoms with van der Waals surface area (Å²) in [6, 6.07) is 7.42. The Morgan fingerprint density at radius 3 is 3.05 bits per heavy atom. The Bertz CT molecular complexity index is 622. The number of amides is 1. The predicted molar refractivity (Wildman–Crippen MR) is 76.4 cm³/mol. The topological polar surface area (TPSA) is 62.1 Å². The molecule has 1 aromatic heterocycles. The third kappa shape index (κ3) is 2.33. The molecule has 1 aliphatic rings. The summed E-state index contributed by atoms with van der Waals surface area (Å²) in [5, 5.41) is 1.64. The molecule has 19 heavy (non-hydrogen) atoms. The van der Waals surface area contributed by atoms with Gasteiger partial charge in [0.15, 0.2) is 0 Å². The van der Waals surface area contributed by atoms with E-state index >= 15 is 0 Å². The first kappa shape index (κ1) is 12.5. The number of benzene rings is 1. The zero-order valence-electron chi connectivity index (χ0n) is 10.5. The molecule has 5 heteroatoms. The Balaban J connectivity index is 1.86. The highest BCUT2D eigenvalue weighted by molar-refractivity contribution is 6.31. The summed E-state index contributed by atoms with van der Waals surface area (Å²) in [5.41, 5.74) is 7.21. The SMILES string of the molecule is NCC1CCN(C(=O)c2cc3cc(Cl)ccc3[nH]2)C1. The Hall–Kier alpha value is -1.52. The number of aromatic amines is 1. The van der Waals surface area contributed by atoms with Crippen LogP contribution in [0.25, 0.3) is 10.9 Å². The number of aromatic nitrogens is 1. The number of nitrogens with two attached hydrogens (primary N) is 1. The zero-order valence-corrected chi connectivity index (χ0v) is 11.3. The van der Waals surface area contributed by atoms with Crippen LogP contribution >= 0.6 is 11.6 Å². The second-order valence-corrected chi connectivity index (χ2v) is 5.49. The number of hydrogen-bond acceptors (Lipinski definition) is 2. The molecule has 1 amide bonds. The van der Waals surface area contributed by atoms with Crippen LogP contribution in [0, 0.1) is 5.92 Å². The van der Waals surface area contributed by atoms with Gasteiger partial charge in [-0.05, 0) is 43.1 Å². The van der Waals surface area contributed by atoms with E-state index in [9.17, 15) is 4.79 Å². The van der Waals surface area contributed by atoms with Crippen molar-refractivity contribution in [3.05, 3.63) is 35.0 Å². The summed E-state index contributed by atoms with van der Waals surface area (Å²) in [4.78, 5) is 17.4. The van der Waals surface area contributed by atoms with Crippen molar-refractivity contribution in [2.45, 2.75) is 6.42 Å². The zero-order chi connectivity index (χ0) is 13.4. The fourth-order valence-electron chi connectivity index (χ4n) is 2.60. The molecule has 1 fully saturated rings. The molecule has 1 atom stereocenters. The largest absolute Gasteiger partial charge is 0.351 e. The van der Waals surface area contributed by atoms with Crippen LogP contribution in [-0.4, -0.2) is 35.4 Å². The Kier molecular flexibility index (Phi) is 3.21. The fourth-order valence-corrected chi connectivity index (χ4v) is 2.78. The Morgan fingerprint density at radius 1 is 1.47 bits per heavy atom. The minimum Gasteiger partial charge on any atom is -0.351 e. The molecule has 3 N–H and O–H groups in total. The molecule has 2 heterocycles. The highest BCUT2D eigenvalue weighted by Gasteiger charge is 2.26. The lowest BCUT2D eigenvalue weighted by Gasteiger charge is -2.14. The normalized spacial score (nSPS) is 19.3. The Morgan fingerprint density at radius 2 is 2.32 bits per heavy atom. The van der Waals surface area contributed by atoms with Gasteiger partial charge in [0.05, 0.1) is 0 Å². The Labute approximate surface area is 116 Å². The minimum atomic E-state index is 0.0447. The number of carbonyl (C=O) groups excluding carboxylic acids is 1. The van der Waals surface area contributed by atoms with E-state index in [2.05, 4.69) is 4.98 Å². The molecular weight excluding hydrogens is 262 g/mol. The first-order valence-electron chi connectivity index (χ1n) is 6.45. The van der Waals surface area contributed by atoms with Gasteiger partial charge in [-0.3, -0.25) is 4.79 Å². The molecular formula is C14H16ClN3O. The highest BCUT2D eigenvalue weighted by atomic mass is 35.5. The molecule has 0 bridgehead atoms. The molecule has 100 valence electrons. The molecule has 4 nitrogen and oxygen atoms in total. The standard InChI is InChI=1S/C14H16ClN3O/c15-11-1-2-12-10(5-11)6-13(17-12)14(19)18-4-3-9(7-16)8-18/h1-2,5-6,9,17H,3-4,7-8,16H2. The van der Waals surface area contributed by atoms with Gasteiger partial charge in [0.25, 0.3) is 5.91 Å². The van der Waals surface area contributed by atoms with E-state index < -0.39 is 0 Å². The number of hydrogen-bond donors (Lipinski definition) is 2. The van der Waals surface area contributed by atoms with Gasteiger partial charge in [0.2, 0.25) is 0 Å². The molecule has 0 spiro atoms. The number of carbonyl (C=O) groups is 1. The second kappa shape index (κ2) is 4.87. The first-order chi connectivity index (χ1) is 9.17. The third-order valence-corrected chi connectivity index (χ3v) is 3.95. The molecule has 0 aliphatic carbocycles. The number of fused-ring (bicyclic) bond motifs is 1. The van der Waals surface area contributed by atoms with Crippen LogP contribution in [0.4, 0.5) is 0 Å². The maximum Gasteiger partial charge on any atom is 0.270 e. The summed E-state index contributed by atoms with van der Waals surface area (Å²) in [6.45, 7) is 2.19. The summed E-state index contributed by atoms with van der Waals surface area (Å²) < 4.78 is 0. The van der Waals surface area contributed by atoms with E-state index in [0.717, 1.165) is 30.4 Å². The number of nitrogens with zero attached hydrogens (tertiary/aromatic N) is 1. The van der Waals surface area contributed by atoms with Crippen LogP contribution in [0.5, 0.6) is 0 Å². The van der Waals surface area contributed by atoms with Crippen LogP contribution in [0.15, 0.2) is 24.3 Å². The van der Waals surface area contributed by atoms with Crippen molar-refractivity contribution in [2.75, 3.05) is 19.6 Å². The molecule has 1 aromatic carbocycles. The summed E-state index contributed by atoms with van der Waals surface area (Å²) >= 11 is 5.95.